The van der Waals surface area contributed by atoms with Crippen molar-refractivity contribution in [3.63, 3.8) is 0 Å². The molecule has 136 valence electrons. The van der Waals surface area contributed by atoms with Crippen LogP contribution < -0.4 is 0 Å². The van der Waals surface area contributed by atoms with Crippen LogP contribution in [0, 0.1) is 17.3 Å². The van der Waals surface area contributed by atoms with Crippen molar-refractivity contribution >= 4 is 0 Å². The van der Waals surface area contributed by atoms with Crippen LogP contribution in [0.5, 0.6) is 0 Å². The van der Waals surface area contributed by atoms with E-state index in [1.54, 1.807) is 0 Å². The summed E-state index contributed by atoms with van der Waals surface area (Å²) in [6.45, 7) is 14.4. The van der Waals surface area contributed by atoms with Crippen molar-refractivity contribution in [2.45, 2.75) is 99.3 Å². The minimum atomic E-state index is 0.349. The zero-order valence-electron chi connectivity index (χ0n) is 16.3. The van der Waals surface area contributed by atoms with Crippen LogP contribution in [-0.4, -0.2) is 23.4 Å². The van der Waals surface area contributed by atoms with Gasteiger partial charge in [0.25, 0.3) is 0 Å². The molecule has 1 atom stereocenters. The number of hydrogen-bond donors (Lipinski definition) is 2. The second-order valence-electron chi connectivity index (χ2n) is 8.04. The highest BCUT2D eigenvalue weighted by Gasteiger charge is 2.15. The topological polar surface area (TPSA) is 40.5 Å². The van der Waals surface area contributed by atoms with Crippen LogP contribution in [-0.2, 0) is 0 Å². The molecule has 0 spiro atoms. The molecule has 1 unspecified atom stereocenters. The molecule has 0 radical (unpaired) electrons. The summed E-state index contributed by atoms with van der Waals surface area (Å²) < 4.78 is 0. The van der Waals surface area contributed by atoms with E-state index < -0.39 is 0 Å². The zero-order valence-corrected chi connectivity index (χ0v) is 16.3. The van der Waals surface area contributed by atoms with Gasteiger partial charge in [0.2, 0.25) is 0 Å². The van der Waals surface area contributed by atoms with Gasteiger partial charge in [0.15, 0.2) is 0 Å². The minimum Gasteiger partial charge on any atom is -0.396 e. The molecule has 0 fully saturated rings. The van der Waals surface area contributed by atoms with E-state index in [1.165, 1.54) is 44.9 Å². The molecule has 0 aromatic rings. The van der Waals surface area contributed by atoms with Gasteiger partial charge in [-0.1, -0.05) is 67.2 Å². The Bertz CT molecular complexity index is 212. The van der Waals surface area contributed by atoms with E-state index in [0.717, 1.165) is 24.7 Å². The van der Waals surface area contributed by atoms with Gasteiger partial charge in [-0.3, -0.25) is 0 Å². The van der Waals surface area contributed by atoms with E-state index in [2.05, 4.69) is 41.5 Å². The molecule has 0 saturated heterocycles. The Morgan fingerprint density at radius 2 is 1.36 bits per heavy atom. The molecule has 2 heteroatoms. The first-order valence-corrected chi connectivity index (χ1v) is 9.50. The van der Waals surface area contributed by atoms with Crippen LogP contribution in [0.3, 0.4) is 0 Å². The lowest BCUT2D eigenvalue weighted by Crippen LogP contribution is -2.10. The molecule has 0 aliphatic carbocycles. The van der Waals surface area contributed by atoms with E-state index in [9.17, 15) is 0 Å². The van der Waals surface area contributed by atoms with E-state index >= 15 is 0 Å². The molecule has 2 N–H and O–H groups in total. The quantitative estimate of drug-likeness (QED) is 0.446. The van der Waals surface area contributed by atoms with E-state index in [1.807, 2.05) is 0 Å². The molecule has 0 aliphatic heterocycles. The van der Waals surface area contributed by atoms with Crippen molar-refractivity contribution in [1.29, 1.82) is 0 Å². The Hall–Kier alpha value is -0.0800. The van der Waals surface area contributed by atoms with E-state index in [-0.39, 0.29) is 0 Å². The molecule has 0 aromatic heterocycles. The summed E-state index contributed by atoms with van der Waals surface area (Å²) in [5, 5.41) is 17.2. The maximum atomic E-state index is 8.59. The van der Waals surface area contributed by atoms with Crippen LogP contribution in [0.2, 0.25) is 0 Å². The lowest BCUT2D eigenvalue weighted by atomic mass is 9.83. The average Bonchev–Trinajstić information content (AvgIpc) is 2.43. The molecule has 0 bridgehead atoms. The summed E-state index contributed by atoms with van der Waals surface area (Å²) in [5.74, 6) is 1.62. The predicted molar refractivity (Wildman–Crippen MR) is 99.2 cm³/mol. The summed E-state index contributed by atoms with van der Waals surface area (Å²) >= 11 is 0. The van der Waals surface area contributed by atoms with Crippen molar-refractivity contribution in [3.8, 4) is 0 Å². The van der Waals surface area contributed by atoms with Gasteiger partial charge in [0.1, 0.15) is 0 Å². The number of aliphatic hydroxyl groups is 2. The Balaban J connectivity index is 0. The number of unbranched alkanes of at least 4 members (excludes halogenated alkanes) is 1. The van der Waals surface area contributed by atoms with Crippen LogP contribution in [0.1, 0.15) is 99.3 Å². The van der Waals surface area contributed by atoms with Gasteiger partial charge in [-0.15, -0.1) is 0 Å². The van der Waals surface area contributed by atoms with Crippen LogP contribution >= 0.6 is 0 Å². The number of hydrogen-bond acceptors (Lipinski definition) is 2. The molecule has 0 amide bonds. The third-order valence-corrected chi connectivity index (χ3v) is 4.28. The van der Waals surface area contributed by atoms with Gasteiger partial charge in [-0.05, 0) is 49.4 Å². The summed E-state index contributed by atoms with van der Waals surface area (Å²) in [4.78, 5) is 0. The Kier molecular flexibility index (Phi) is 17.4. The second-order valence-corrected chi connectivity index (χ2v) is 8.04. The van der Waals surface area contributed by atoms with Gasteiger partial charge in [-0.25, -0.2) is 0 Å². The molecule has 0 aromatic carbocycles. The molecular formula is C20H44O2. The Morgan fingerprint density at radius 3 is 1.82 bits per heavy atom. The molecule has 22 heavy (non-hydrogen) atoms. The van der Waals surface area contributed by atoms with Crippen molar-refractivity contribution in [3.05, 3.63) is 0 Å². The predicted octanol–water partition coefficient (Wildman–Crippen LogP) is 5.81. The Labute approximate surface area is 140 Å². The van der Waals surface area contributed by atoms with Crippen LogP contribution in [0.25, 0.3) is 0 Å². The lowest BCUT2D eigenvalue weighted by molar-refractivity contribution is 0.251. The molecule has 2 nitrogen and oxygen atoms in total. The van der Waals surface area contributed by atoms with Gasteiger partial charge >= 0.3 is 0 Å². The fourth-order valence-corrected chi connectivity index (χ4v) is 2.72. The van der Waals surface area contributed by atoms with E-state index in [4.69, 9.17) is 10.2 Å². The number of aliphatic hydroxyl groups excluding tert-OH is 2. The molecule has 0 aliphatic rings. The van der Waals surface area contributed by atoms with Crippen molar-refractivity contribution in [2.24, 2.45) is 17.3 Å². The average molecular weight is 317 g/mol. The highest BCUT2D eigenvalue weighted by Crippen LogP contribution is 2.28. The maximum Gasteiger partial charge on any atom is 0.0431 e. The third kappa shape index (κ3) is 19.9. The molecule has 0 saturated carbocycles. The van der Waals surface area contributed by atoms with Gasteiger partial charge in [-0.2, -0.15) is 0 Å². The maximum absolute atomic E-state index is 8.59. The highest BCUT2D eigenvalue weighted by molar-refractivity contribution is 4.67. The smallest absolute Gasteiger partial charge is 0.0431 e. The lowest BCUT2D eigenvalue weighted by Gasteiger charge is -2.23. The second kappa shape index (κ2) is 15.8. The fraction of sp³-hybridized carbons (Fsp3) is 1.00. The van der Waals surface area contributed by atoms with E-state index in [0.29, 0.717) is 18.6 Å². The summed E-state index contributed by atoms with van der Waals surface area (Å²) in [7, 11) is 0. The molecule has 0 heterocycles. The molecular weight excluding hydrogens is 272 g/mol. The highest BCUT2D eigenvalue weighted by atomic mass is 16.3. The van der Waals surface area contributed by atoms with Crippen molar-refractivity contribution in [2.75, 3.05) is 13.2 Å². The van der Waals surface area contributed by atoms with Crippen LogP contribution in [0.4, 0.5) is 0 Å². The van der Waals surface area contributed by atoms with Crippen LogP contribution in [0.15, 0.2) is 0 Å². The minimum absolute atomic E-state index is 0.349. The SMILES string of the molecule is CC(C)CCC(C)CCCO.CCCC(C)(C)CCCCO. The fourth-order valence-electron chi connectivity index (χ4n) is 2.72. The first kappa shape index (κ1) is 24.2. The van der Waals surface area contributed by atoms with Gasteiger partial charge in [0, 0.05) is 13.2 Å². The number of rotatable bonds is 12. The summed E-state index contributed by atoms with van der Waals surface area (Å²) in [6.07, 6.45) is 10.8. The zero-order chi connectivity index (χ0) is 17.4. The van der Waals surface area contributed by atoms with Crippen molar-refractivity contribution in [1.82, 2.24) is 0 Å². The first-order chi connectivity index (χ1) is 10.3. The Morgan fingerprint density at radius 1 is 0.773 bits per heavy atom. The summed E-state index contributed by atoms with van der Waals surface area (Å²) in [6, 6.07) is 0. The third-order valence-electron chi connectivity index (χ3n) is 4.28. The monoisotopic (exact) mass is 316 g/mol. The van der Waals surface area contributed by atoms with Gasteiger partial charge < -0.3 is 10.2 Å². The first-order valence-electron chi connectivity index (χ1n) is 9.50. The van der Waals surface area contributed by atoms with Gasteiger partial charge in [0.05, 0.1) is 0 Å². The normalized spacial score (nSPS) is 13.0. The standard InChI is InChI=1S/2C10H22O/c1-9(2)6-7-10(3)5-4-8-11;1-4-7-10(2,3)8-5-6-9-11/h9-11H,4-8H2,1-3H3;11H,4-9H2,1-3H3. The largest absolute Gasteiger partial charge is 0.396 e. The van der Waals surface area contributed by atoms with Crippen molar-refractivity contribution < 1.29 is 10.2 Å². The molecule has 0 rings (SSSR count). The summed E-state index contributed by atoms with van der Waals surface area (Å²) in [5.41, 5.74) is 0.490.